The number of carbonyl (C=O) groups excluding carboxylic acids is 1. The second-order valence-electron chi connectivity index (χ2n) is 6.91. The zero-order chi connectivity index (χ0) is 15.5. The van der Waals surface area contributed by atoms with Gasteiger partial charge in [0.25, 0.3) is 0 Å². The maximum atomic E-state index is 12.0. The van der Waals surface area contributed by atoms with Gasteiger partial charge in [-0.15, -0.1) is 0 Å². The van der Waals surface area contributed by atoms with E-state index in [0.717, 1.165) is 44.6 Å². The Morgan fingerprint density at radius 2 is 2.09 bits per heavy atom. The molecule has 1 aromatic carbocycles. The van der Waals surface area contributed by atoms with Gasteiger partial charge in [0.1, 0.15) is 0 Å². The molecule has 1 aliphatic carbocycles. The van der Waals surface area contributed by atoms with Crippen LogP contribution in [0.3, 0.4) is 0 Å². The number of rotatable bonds is 5. The molecule has 0 spiro atoms. The molecule has 1 heterocycles. The maximum Gasteiger partial charge on any atom is 0.227 e. The van der Waals surface area contributed by atoms with E-state index in [4.69, 9.17) is 0 Å². The second kappa shape index (κ2) is 6.80. The van der Waals surface area contributed by atoms with E-state index in [9.17, 15) is 9.90 Å². The summed E-state index contributed by atoms with van der Waals surface area (Å²) in [7, 11) is 0. The summed E-state index contributed by atoms with van der Waals surface area (Å²) in [6.07, 6.45) is 3.17. The molecule has 1 amide bonds. The quantitative estimate of drug-likeness (QED) is 0.878. The van der Waals surface area contributed by atoms with Gasteiger partial charge in [0.2, 0.25) is 5.91 Å². The Hall–Kier alpha value is -1.39. The maximum absolute atomic E-state index is 12.0. The second-order valence-corrected chi connectivity index (χ2v) is 6.91. The Kier molecular flexibility index (Phi) is 4.79. The van der Waals surface area contributed by atoms with Gasteiger partial charge < -0.3 is 10.4 Å². The molecule has 4 heteroatoms. The van der Waals surface area contributed by atoms with Crippen LogP contribution < -0.4 is 5.32 Å². The third-order valence-electron chi connectivity index (χ3n) is 5.01. The van der Waals surface area contributed by atoms with Gasteiger partial charge in [-0.1, -0.05) is 19.1 Å². The minimum Gasteiger partial charge on any atom is -0.396 e. The Morgan fingerprint density at radius 3 is 2.73 bits per heavy atom. The first-order valence-electron chi connectivity index (χ1n) is 8.38. The van der Waals surface area contributed by atoms with E-state index in [2.05, 4.69) is 29.3 Å². The predicted octanol–water partition coefficient (Wildman–Crippen LogP) is 2.49. The van der Waals surface area contributed by atoms with Gasteiger partial charge in [-0.3, -0.25) is 9.69 Å². The van der Waals surface area contributed by atoms with Gasteiger partial charge in [-0.25, -0.2) is 0 Å². The van der Waals surface area contributed by atoms with Crippen molar-refractivity contribution in [2.75, 3.05) is 25.0 Å². The molecule has 2 aliphatic rings. The standard InChI is InChI=1S/C18H26N2O2/c1-13-9-17(13)18(22)19-16-4-2-3-15(10-16)11-20-7-5-14(12-21)6-8-20/h2-4,10,13-14,17,21H,5-9,11-12H2,1H3,(H,19,22). The van der Waals surface area contributed by atoms with Crippen LogP contribution >= 0.6 is 0 Å². The molecule has 2 atom stereocenters. The topological polar surface area (TPSA) is 52.6 Å². The summed E-state index contributed by atoms with van der Waals surface area (Å²) in [6, 6.07) is 8.19. The van der Waals surface area contributed by atoms with Crippen LogP contribution in [0.15, 0.2) is 24.3 Å². The van der Waals surface area contributed by atoms with E-state index in [1.165, 1.54) is 5.56 Å². The highest BCUT2D eigenvalue weighted by Crippen LogP contribution is 2.38. The molecule has 1 aromatic rings. The summed E-state index contributed by atoms with van der Waals surface area (Å²) in [6.45, 7) is 5.44. The molecule has 2 fully saturated rings. The molecule has 1 saturated carbocycles. The average molecular weight is 302 g/mol. The number of carbonyl (C=O) groups is 1. The van der Waals surface area contributed by atoms with Crippen molar-refractivity contribution in [1.29, 1.82) is 0 Å². The van der Waals surface area contributed by atoms with Crippen molar-refractivity contribution in [3.63, 3.8) is 0 Å². The van der Waals surface area contributed by atoms with Gasteiger partial charge in [0, 0.05) is 24.8 Å². The van der Waals surface area contributed by atoms with E-state index in [1.54, 1.807) is 0 Å². The van der Waals surface area contributed by atoms with Crippen LogP contribution in [-0.4, -0.2) is 35.6 Å². The lowest BCUT2D eigenvalue weighted by molar-refractivity contribution is -0.117. The molecule has 0 radical (unpaired) electrons. The number of aliphatic hydroxyl groups excluding tert-OH is 1. The highest BCUT2D eigenvalue weighted by Gasteiger charge is 2.39. The SMILES string of the molecule is CC1CC1C(=O)Nc1cccc(CN2CCC(CO)CC2)c1. The molecular formula is C18H26N2O2. The summed E-state index contributed by atoms with van der Waals surface area (Å²) >= 11 is 0. The van der Waals surface area contributed by atoms with Gasteiger partial charge >= 0.3 is 0 Å². The fourth-order valence-corrected chi connectivity index (χ4v) is 3.26. The first-order valence-corrected chi connectivity index (χ1v) is 8.38. The molecule has 3 rings (SSSR count). The predicted molar refractivity (Wildman–Crippen MR) is 87.4 cm³/mol. The molecule has 1 aliphatic heterocycles. The van der Waals surface area contributed by atoms with Crippen molar-refractivity contribution in [2.45, 2.75) is 32.7 Å². The van der Waals surface area contributed by atoms with Crippen LogP contribution in [0.4, 0.5) is 5.69 Å². The molecule has 22 heavy (non-hydrogen) atoms. The number of amides is 1. The van der Waals surface area contributed by atoms with E-state index in [-0.39, 0.29) is 11.8 Å². The number of nitrogens with zero attached hydrogens (tertiary/aromatic N) is 1. The van der Waals surface area contributed by atoms with E-state index < -0.39 is 0 Å². The molecule has 120 valence electrons. The molecule has 1 saturated heterocycles. The van der Waals surface area contributed by atoms with Gasteiger partial charge in [0.05, 0.1) is 0 Å². The van der Waals surface area contributed by atoms with Gasteiger partial charge in [-0.05, 0) is 61.9 Å². The fourth-order valence-electron chi connectivity index (χ4n) is 3.26. The number of piperidine rings is 1. The van der Waals surface area contributed by atoms with Crippen molar-refractivity contribution in [3.05, 3.63) is 29.8 Å². The first-order chi connectivity index (χ1) is 10.7. The highest BCUT2D eigenvalue weighted by atomic mass is 16.3. The lowest BCUT2D eigenvalue weighted by atomic mass is 9.97. The largest absolute Gasteiger partial charge is 0.396 e. The lowest BCUT2D eigenvalue weighted by Crippen LogP contribution is -2.34. The minimum atomic E-state index is 0.161. The molecule has 2 N–H and O–H groups in total. The van der Waals surface area contributed by atoms with Crippen molar-refractivity contribution in [3.8, 4) is 0 Å². The van der Waals surface area contributed by atoms with Gasteiger partial charge in [-0.2, -0.15) is 0 Å². The van der Waals surface area contributed by atoms with Crippen molar-refractivity contribution >= 4 is 11.6 Å². The Bertz CT molecular complexity index is 524. The number of anilines is 1. The highest BCUT2D eigenvalue weighted by molar-refractivity contribution is 5.94. The summed E-state index contributed by atoms with van der Waals surface area (Å²) in [5, 5.41) is 12.2. The molecule has 4 nitrogen and oxygen atoms in total. The number of benzene rings is 1. The van der Waals surface area contributed by atoms with E-state index >= 15 is 0 Å². The number of hydrogen-bond acceptors (Lipinski definition) is 3. The van der Waals surface area contributed by atoms with Crippen LogP contribution in [0, 0.1) is 17.8 Å². The average Bonchev–Trinajstić information content (AvgIpc) is 3.25. The normalized spacial score (nSPS) is 25.9. The van der Waals surface area contributed by atoms with E-state index in [1.807, 2.05) is 12.1 Å². The minimum absolute atomic E-state index is 0.161. The van der Waals surface area contributed by atoms with E-state index in [0.29, 0.717) is 18.4 Å². The Balaban J connectivity index is 1.54. The number of likely N-dealkylation sites (tertiary alicyclic amines) is 1. The Labute approximate surface area is 132 Å². The van der Waals surface area contributed by atoms with Gasteiger partial charge in [0.15, 0.2) is 0 Å². The molecule has 0 aromatic heterocycles. The number of hydrogen-bond donors (Lipinski definition) is 2. The van der Waals surface area contributed by atoms with Crippen LogP contribution in [0.5, 0.6) is 0 Å². The summed E-state index contributed by atoms with van der Waals surface area (Å²) in [4.78, 5) is 14.4. The number of aliphatic hydroxyl groups is 1. The van der Waals surface area contributed by atoms with Crippen LogP contribution in [0.1, 0.15) is 31.7 Å². The summed E-state index contributed by atoms with van der Waals surface area (Å²) in [5.41, 5.74) is 2.15. The zero-order valence-electron chi connectivity index (χ0n) is 13.3. The molecular weight excluding hydrogens is 276 g/mol. The zero-order valence-corrected chi connectivity index (χ0v) is 13.3. The van der Waals surface area contributed by atoms with Crippen LogP contribution in [0.25, 0.3) is 0 Å². The third-order valence-corrected chi connectivity index (χ3v) is 5.01. The summed E-state index contributed by atoms with van der Waals surface area (Å²) in [5.74, 6) is 1.38. The smallest absolute Gasteiger partial charge is 0.227 e. The van der Waals surface area contributed by atoms with Crippen molar-refractivity contribution in [2.24, 2.45) is 17.8 Å². The Morgan fingerprint density at radius 1 is 1.36 bits per heavy atom. The van der Waals surface area contributed by atoms with Crippen LogP contribution in [-0.2, 0) is 11.3 Å². The monoisotopic (exact) mass is 302 g/mol. The molecule has 2 unspecified atom stereocenters. The third kappa shape index (κ3) is 3.87. The van der Waals surface area contributed by atoms with Crippen LogP contribution in [0.2, 0.25) is 0 Å². The van der Waals surface area contributed by atoms with Crippen molar-refractivity contribution < 1.29 is 9.90 Å². The first kappa shape index (κ1) is 15.5. The lowest BCUT2D eigenvalue weighted by Gasteiger charge is -2.31. The fraction of sp³-hybridized carbons (Fsp3) is 0.611. The molecule has 0 bridgehead atoms. The number of nitrogens with one attached hydrogen (secondary N) is 1. The summed E-state index contributed by atoms with van der Waals surface area (Å²) < 4.78 is 0. The van der Waals surface area contributed by atoms with Crippen molar-refractivity contribution in [1.82, 2.24) is 4.90 Å².